The molecular weight excluding hydrogens is 402 g/mol. The van der Waals surface area contributed by atoms with E-state index >= 15 is 0 Å². The van der Waals surface area contributed by atoms with Crippen LogP contribution in [-0.4, -0.2) is 34.7 Å². The van der Waals surface area contributed by atoms with E-state index < -0.39 is 24.1 Å². The summed E-state index contributed by atoms with van der Waals surface area (Å²) in [5, 5.41) is 6.95. The molecule has 1 aliphatic heterocycles. The minimum atomic E-state index is -2.94. The van der Waals surface area contributed by atoms with Crippen LogP contribution in [0.2, 0.25) is 0 Å². The molecule has 4 atom stereocenters. The van der Waals surface area contributed by atoms with E-state index in [2.05, 4.69) is 20.8 Å². The van der Waals surface area contributed by atoms with Gasteiger partial charge in [0.05, 0.1) is 0 Å². The van der Waals surface area contributed by atoms with Crippen LogP contribution in [0.15, 0.2) is 24.3 Å². The zero-order chi connectivity index (χ0) is 20.8. The number of hydrazine groups is 1. The Labute approximate surface area is 172 Å². The van der Waals surface area contributed by atoms with Crippen molar-refractivity contribution < 1.29 is 23.1 Å². The van der Waals surface area contributed by atoms with Gasteiger partial charge in [0.15, 0.2) is 5.11 Å². The van der Waals surface area contributed by atoms with Gasteiger partial charge in [-0.3, -0.25) is 10.2 Å². The number of carbonyl (C=O) groups excluding carboxylic acids is 2. The first-order chi connectivity index (χ1) is 13.8. The maximum atomic E-state index is 12.9. The van der Waals surface area contributed by atoms with Crippen LogP contribution in [0.5, 0.6) is 5.75 Å². The second-order valence-corrected chi connectivity index (χ2v) is 8.37. The molecule has 1 aromatic carbocycles. The number of amides is 3. The highest BCUT2D eigenvalue weighted by molar-refractivity contribution is 7.80. The number of thiocarbonyl (C=S) groups is 1. The van der Waals surface area contributed by atoms with E-state index in [-0.39, 0.29) is 16.9 Å². The van der Waals surface area contributed by atoms with Crippen molar-refractivity contribution >= 4 is 29.3 Å². The number of urea groups is 1. The summed E-state index contributed by atoms with van der Waals surface area (Å²) in [6.45, 7) is -1.39. The van der Waals surface area contributed by atoms with Gasteiger partial charge in [0.1, 0.15) is 11.3 Å². The molecule has 0 spiro atoms. The highest BCUT2D eigenvalue weighted by Crippen LogP contribution is 2.44. The Morgan fingerprint density at radius 1 is 1.28 bits per heavy atom. The number of nitrogens with one attached hydrogen (secondary N) is 3. The first kappa shape index (κ1) is 19.8. The number of rotatable bonds is 5. The van der Waals surface area contributed by atoms with Crippen LogP contribution >= 0.6 is 12.2 Å². The molecule has 3 amide bonds. The van der Waals surface area contributed by atoms with Gasteiger partial charge in [0, 0.05) is 6.04 Å². The van der Waals surface area contributed by atoms with E-state index in [9.17, 15) is 18.4 Å². The number of fused-ring (bicyclic) bond motifs is 2. The highest BCUT2D eigenvalue weighted by Gasteiger charge is 2.50. The average molecular weight is 424 g/mol. The fraction of sp³-hybridized carbons (Fsp3) is 0.526. The number of alkyl halides is 2. The van der Waals surface area contributed by atoms with Gasteiger partial charge < -0.3 is 15.4 Å². The molecular formula is C19H22F2N4O3S. The lowest BCUT2D eigenvalue weighted by molar-refractivity contribution is -0.132. The molecule has 29 heavy (non-hydrogen) atoms. The van der Waals surface area contributed by atoms with Crippen molar-refractivity contribution in [1.82, 2.24) is 21.1 Å². The monoisotopic (exact) mass is 424 g/mol. The lowest BCUT2D eigenvalue weighted by Crippen LogP contribution is -2.53. The maximum absolute atomic E-state index is 12.9. The molecule has 0 unspecified atom stereocenters. The molecule has 7 nitrogen and oxygen atoms in total. The molecule has 1 heterocycles. The van der Waals surface area contributed by atoms with Crippen molar-refractivity contribution in [3.8, 4) is 5.75 Å². The van der Waals surface area contributed by atoms with Crippen LogP contribution in [0.4, 0.5) is 13.6 Å². The van der Waals surface area contributed by atoms with Crippen LogP contribution in [0, 0.1) is 11.8 Å². The topological polar surface area (TPSA) is 82.7 Å². The SMILES string of the molecule is C[C@@]1(c2ccc(OC(F)F)cc2)NC(=O)N(NC(=S)N[C@H]2C[C@H]3CC[C@H]2C3)C1=O. The second kappa shape index (κ2) is 7.40. The largest absolute Gasteiger partial charge is 0.435 e. The molecule has 3 fully saturated rings. The zero-order valence-electron chi connectivity index (χ0n) is 15.8. The summed E-state index contributed by atoms with van der Waals surface area (Å²) in [5.74, 6) is 0.747. The summed E-state index contributed by atoms with van der Waals surface area (Å²) in [6.07, 6.45) is 4.69. The van der Waals surface area contributed by atoms with Crippen molar-refractivity contribution in [1.29, 1.82) is 0 Å². The van der Waals surface area contributed by atoms with Crippen LogP contribution in [0.1, 0.15) is 38.2 Å². The summed E-state index contributed by atoms with van der Waals surface area (Å²) in [6, 6.07) is 5.20. The van der Waals surface area contributed by atoms with Crippen LogP contribution in [0.3, 0.4) is 0 Å². The Kier molecular flexibility index (Phi) is 5.05. The Bertz CT molecular complexity index is 837. The number of halogens is 2. The van der Waals surface area contributed by atoms with Gasteiger partial charge in [0.2, 0.25) is 0 Å². The van der Waals surface area contributed by atoms with E-state index in [0.717, 1.165) is 17.3 Å². The van der Waals surface area contributed by atoms with Crippen molar-refractivity contribution in [2.45, 2.75) is 50.8 Å². The summed E-state index contributed by atoms with van der Waals surface area (Å²) in [4.78, 5) is 25.3. The minimum Gasteiger partial charge on any atom is -0.435 e. The smallest absolute Gasteiger partial charge is 0.387 e. The Balaban J connectivity index is 1.41. The minimum absolute atomic E-state index is 0.0321. The standard InChI is InChI=1S/C19H22F2N4O3S/c1-19(12-4-6-13(7-5-12)28-16(20)21)15(26)25(18(27)23-19)24-17(29)22-14-9-10-2-3-11(14)8-10/h4-7,10-11,14,16H,2-3,8-9H2,1H3,(H,23,27)(H2,22,24,29)/t10-,11-,14-,19-/m0/s1. The molecule has 1 saturated heterocycles. The number of nitrogens with zero attached hydrogens (tertiary/aromatic N) is 1. The summed E-state index contributed by atoms with van der Waals surface area (Å²) < 4.78 is 28.9. The predicted octanol–water partition coefficient (Wildman–Crippen LogP) is 2.62. The molecule has 2 bridgehead atoms. The van der Waals surface area contributed by atoms with Crippen molar-refractivity contribution in [3.05, 3.63) is 29.8 Å². The number of carbonyl (C=O) groups is 2. The molecule has 4 rings (SSSR count). The van der Waals surface area contributed by atoms with E-state index in [1.54, 1.807) is 6.92 Å². The second-order valence-electron chi connectivity index (χ2n) is 7.97. The lowest BCUT2D eigenvalue weighted by atomic mass is 9.92. The number of hydrogen-bond acceptors (Lipinski definition) is 4. The molecule has 156 valence electrons. The normalized spacial score (nSPS) is 30.6. The molecule has 3 aliphatic rings. The highest BCUT2D eigenvalue weighted by atomic mass is 32.1. The summed E-state index contributed by atoms with van der Waals surface area (Å²) in [5.41, 5.74) is 1.78. The van der Waals surface area contributed by atoms with Crippen LogP contribution in [-0.2, 0) is 10.3 Å². The first-order valence-electron chi connectivity index (χ1n) is 9.55. The van der Waals surface area contributed by atoms with Gasteiger partial charge in [-0.05, 0) is 67.9 Å². The zero-order valence-corrected chi connectivity index (χ0v) is 16.6. The maximum Gasteiger partial charge on any atom is 0.387 e. The Hall–Kier alpha value is -2.49. The van der Waals surface area contributed by atoms with Gasteiger partial charge in [0.25, 0.3) is 5.91 Å². The van der Waals surface area contributed by atoms with Gasteiger partial charge in [-0.25, -0.2) is 4.79 Å². The number of hydrogen-bond donors (Lipinski definition) is 3. The molecule has 0 aromatic heterocycles. The van der Waals surface area contributed by atoms with Gasteiger partial charge in [-0.2, -0.15) is 13.8 Å². The summed E-state index contributed by atoms with van der Waals surface area (Å²) in [7, 11) is 0. The fourth-order valence-electron chi connectivity index (χ4n) is 4.63. The van der Waals surface area contributed by atoms with Crippen LogP contribution in [0.25, 0.3) is 0 Å². The third-order valence-corrected chi connectivity index (χ3v) is 6.32. The van der Waals surface area contributed by atoms with Gasteiger partial charge >= 0.3 is 12.6 Å². The molecule has 0 radical (unpaired) electrons. The van der Waals surface area contributed by atoms with E-state index in [1.165, 1.54) is 43.5 Å². The van der Waals surface area contributed by atoms with Crippen molar-refractivity contribution in [3.63, 3.8) is 0 Å². The number of imide groups is 1. The quantitative estimate of drug-likeness (QED) is 0.498. The van der Waals surface area contributed by atoms with Crippen molar-refractivity contribution in [2.24, 2.45) is 11.8 Å². The predicted molar refractivity (Wildman–Crippen MR) is 104 cm³/mol. The Morgan fingerprint density at radius 2 is 2.00 bits per heavy atom. The van der Waals surface area contributed by atoms with E-state index in [1.807, 2.05) is 0 Å². The first-order valence-corrected chi connectivity index (χ1v) is 9.96. The number of ether oxygens (including phenoxy) is 1. The molecule has 2 saturated carbocycles. The fourth-order valence-corrected chi connectivity index (χ4v) is 4.87. The van der Waals surface area contributed by atoms with Crippen LogP contribution < -0.4 is 20.8 Å². The molecule has 3 N–H and O–H groups in total. The van der Waals surface area contributed by atoms with Gasteiger partial charge in [-0.15, -0.1) is 0 Å². The summed E-state index contributed by atoms with van der Waals surface area (Å²) >= 11 is 5.31. The lowest BCUT2D eigenvalue weighted by Gasteiger charge is -2.26. The van der Waals surface area contributed by atoms with E-state index in [0.29, 0.717) is 11.5 Å². The number of benzene rings is 1. The molecule has 2 aliphatic carbocycles. The average Bonchev–Trinajstić information content (AvgIpc) is 3.33. The van der Waals surface area contributed by atoms with Gasteiger partial charge in [-0.1, -0.05) is 18.6 Å². The van der Waals surface area contributed by atoms with E-state index in [4.69, 9.17) is 12.2 Å². The molecule has 1 aromatic rings. The Morgan fingerprint density at radius 3 is 2.59 bits per heavy atom. The third kappa shape index (κ3) is 3.73. The third-order valence-electron chi connectivity index (χ3n) is 6.12. The molecule has 10 heteroatoms. The van der Waals surface area contributed by atoms with Crippen molar-refractivity contribution in [2.75, 3.05) is 0 Å².